The first-order chi connectivity index (χ1) is 7.86. The molecule has 0 aromatic carbocycles. The van der Waals surface area contributed by atoms with Crippen LogP contribution in [0.5, 0.6) is 0 Å². The highest BCUT2D eigenvalue weighted by Crippen LogP contribution is 1.99. The number of nitrogens with one attached hydrogen (secondary N) is 2. The molecule has 0 amide bonds. The first kappa shape index (κ1) is 12.0. The fraction of sp³-hybridized carbons (Fsp3) is 0.167. The van der Waals surface area contributed by atoms with Crippen LogP contribution in [0.15, 0.2) is 50.2 Å². The van der Waals surface area contributed by atoms with Crippen molar-refractivity contribution in [2.24, 2.45) is 0 Å². The molecule has 0 fully saturated rings. The van der Waals surface area contributed by atoms with Gasteiger partial charge in [0.25, 0.3) is 0 Å². The van der Waals surface area contributed by atoms with Gasteiger partial charge in [-0.05, 0) is 0 Å². The van der Waals surface area contributed by atoms with Crippen molar-refractivity contribution in [1.29, 1.82) is 0 Å². The number of hydrogen-bond donors (Lipinski definition) is 2. The first-order valence-corrected chi connectivity index (χ1v) is 5.04. The van der Waals surface area contributed by atoms with Gasteiger partial charge in [-0.2, -0.15) is 0 Å². The second kappa shape index (κ2) is 7.23. The molecule has 2 N–H and O–H groups in total. The largest absolute Gasteiger partial charge is 0.351 e. The topological polar surface area (TPSA) is 57.4 Å². The molecule has 2 aromatic rings. The van der Waals surface area contributed by atoms with Gasteiger partial charge in [0.2, 0.25) is 0 Å². The molecule has 0 aliphatic rings. The van der Waals surface area contributed by atoms with Crippen molar-refractivity contribution in [1.82, 2.24) is 19.9 Å². The van der Waals surface area contributed by atoms with E-state index < -0.39 is 0 Å². The van der Waals surface area contributed by atoms with E-state index in [1.807, 2.05) is 18.3 Å². The molecule has 0 saturated carbocycles. The number of allylic oxidation sites excluding steroid dienone is 2. The van der Waals surface area contributed by atoms with Gasteiger partial charge in [0.05, 0.1) is 12.0 Å². The molecule has 0 radical (unpaired) electrons. The van der Waals surface area contributed by atoms with Gasteiger partial charge in [-0.25, -0.2) is 9.97 Å². The minimum atomic E-state index is 0.803. The average Bonchev–Trinajstić information content (AvgIpc) is 2.92. The molecule has 0 unspecified atom stereocenters. The first-order valence-electron chi connectivity index (χ1n) is 5.04. The molecule has 0 atom stereocenters. The lowest BCUT2D eigenvalue weighted by Gasteiger charge is -1.85. The molecule has 0 saturated heterocycles. The van der Waals surface area contributed by atoms with Crippen LogP contribution >= 0.6 is 0 Å². The summed E-state index contributed by atoms with van der Waals surface area (Å²) < 4.78 is 0. The highest BCUT2D eigenvalue weighted by molar-refractivity contribution is 5.06. The van der Waals surface area contributed by atoms with Crippen LogP contribution in [0.4, 0.5) is 0 Å². The van der Waals surface area contributed by atoms with E-state index in [9.17, 15) is 0 Å². The van der Waals surface area contributed by atoms with Gasteiger partial charge < -0.3 is 9.97 Å². The van der Waals surface area contributed by atoms with Crippen LogP contribution in [0, 0.1) is 0 Å². The molecule has 2 rings (SSSR count). The van der Waals surface area contributed by atoms with E-state index >= 15 is 0 Å². The lowest BCUT2D eigenvalue weighted by molar-refractivity contribution is 1.03. The van der Waals surface area contributed by atoms with Crippen LogP contribution in [0.3, 0.4) is 0 Å². The quantitative estimate of drug-likeness (QED) is 0.770. The molecule has 4 heteroatoms. The molecular weight excluding hydrogens is 200 g/mol. The van der Waals surface area contributed by atoms with Crippen LogP contribution in [0.1, 0.15) is 11.5 Å². The van der Waals surface area contributed by atoms with Crippen LogP contribution in [-0.2, 0) is 12.8 Å². The van der Waals surface area contributed by atoms with Crippen LogP contribution in [0.25, 0.3) is 0 Å². The second-order valence-corrected chi connectivity index (χ2v) is 3.08. The zero-order valence-electron chi connectivity index (χ0n) is 9.19. The fourth-order valence-corrected chi connectivity index (χ4v) is 1.11. The van der Waals surface area contributed by atoms with Crippen molar-refractivity contribution in [3.05, 3.63) is 61.7 Å². The molecule has 0 spiro atoms. The van der Waals surface area contributed by atoms with Crippen LogP contribution in [-0.4, -0.2) is 19.9 Å². The molecule has 4 nitrogen and oxygen atoms in total. The summed E-state index contributed by atoms with van der Waals surface area (Å²) in [5.41, 5.74) is 1.04. The minimum absolute atomic E-state index is 0.803. The predicted molar refractivity (Wildman–Crippen MR) is 65.0 cm³/mol. The van der Waals surface area contributed by atoms with Gasteiger partial charge >= 0.3 is 0 Å². The highest BCUT2D eigenvalue weighted by Gasteiger charge is 1.95. The summed E-state index contributed by atoms with van der Waals surface area (Å²) in [6, 6.07) is 0. The molecular formula is C12H16N4. The zero-order chi connectivity index (χ0) is 11.6. The SMILES string of the molecule is C=CCc1c[nH]c(CC=C)n1.c1c[nH]cn1. The van der Waals surface area contributed by atoms with Crippen LogP contribution < -0.4 is 0 Å². The van der Waals surface area contributed by atoms with E-state index in [2.05, 4.69) is 33.1 Å². The van der Waals surface area contributed by atoms with Gasteiger partial charge in [0, 0.05) is 31.4 Å². The summed E-state index contributed by atoms with van der Waals surface area (Å²) in [5, 5.41) is 0. The molecule has 84 valence electrons. The fourth-order valence-electron chi connectivity index (χ4n) is 1.11. The van der Waals surface area contributed by atoms with Crippen molar-refractivity contribution in [3.63, 3.8) is 0 Å². The summed E-state index contributed by atoms with van der Waals surface area (Å²) in [5.74, 6) is 0.969. The lowest BCUT2D eigenvalue weighted by Crippen LogP contribution is -1.84. The molecule has 16 heavy (non-hydrogen) atoms. The van der Waals surface area contributed by atoms with Crippen molar-refractivity contribution in [3.8, 4) is 0 Å². The third-order valence-electron chi connectivity index (χ3n) is 1.78. The Bertz CT molecular complexity index is 359. The van der Waals surface area contributed by atoms with Crippen molar-refractivity contribution >= 4 is 0 Å². The Balaban J connectivity index is 0.000000212. The third kappa shape index (κ3) is 4.41. The smallest absolute Gasteiger partial charge is 0.110 e. The molecule has 2 heterocycles. The van der Waals surface area contributed by atoms with Crippen LogP contribution in [0.2, 0.25) is 0 Å². The minimum Gasteiger partial charge on any atom is -0.351 e. The highest BCUT2D eigenvalue weighted by atomic mass is 14.9. The molecule has 2 aromatic heterocycles. The van der Waals surface area contributed by atoms with Gasteiger partial charge in [-0.3, -0.25) is 0 Å². The average molecular weight is 216 g/mol. The summed E-state index contributed by atoms with van der Waals surface area (Å²) in [6.45, 7) is 7.27. The summed E-state index contributed by atoms with van der Waals surface area (Å²) in [4.78, 5) is 13.8. The Morgan fingerprint density at radius 3 is 2.56 bits per heavy atom. The summed E-state index contributed by atoms with van der Waals surface area (Å²) in [7, 11) is 0. The van der Waals surface area contributed by atoms with E-state index in [0.29, 0.717) is 0 Å². The standard InChI is InChI=1S/C9H12N2.C3H4N2/c1-3-5-8-7-10-9(11-8)6-4-2;1-2-5-3-4-1/h3-4,7H,1-2,5-6H2,(H,10,11);1-3H,(H,4,5). The number of H-pyrrole nitrogens is 2. The maximum absolute atomic E-state index is 4.29. The Morgan fingerprint density at radius 1 is 1.25 bits per heavy atom. The monoisotopic (exact) mass is 216 g/mol. The lowest BCUT2D eigenvalue weighted by atomic mass is 10.3. The second-order valence-electron chi connectivity index (χ2n) is 3.08. The van der Waals surface area contributed by atoms with E-state index in [1.165, 1.54) is 0 Å². The van der Waals surface area contributed by atoms with Gasteiger partial charge in [0.1, 0.15) is 5.82 Å². The molecule has 0 aliphatic carbocycles. The maximum Gasteiger partial charge on any atom is 0.110 e. The number of nitrogens with zero attached hydrogens (tertiary/aromatic N) is 2. The van der Waals surface area contributed by atoms with E-state index in [4.69, 9.17) is 0 Å². The van der Waals surface area contributed by atoms with Crippen molar-refractivity contribution < 1.29 is 0 Å². The molecule has 0 bridgehead atoms. The number of hydrogen-bond acceptors (Lipinski definition) is 2. The number of aromatic amines is 2. The van der Waals surface area contributed by atoms with E-state index in [-0.39, 0.29) is 0 Å². The maximum atomic E-state index is 4.29. The summed E-state index contributed by atoms with van der Waals surface area (Å²) in [6.07, 6.45) is 12.3. The molecule has 0 aliphatic heterocycles. The van der Waals surface area contributed by atoms with E-state index in [0.717, 1.165) is 24.4 Å². The number of aromatic nitrogens is 4. The van der Waals surface area contributed by atoms with Gasteiger partial charge in [0.15, 0.2) is 0 Å². The Hall–Kier alpha value is -2.10. The number of imidazole rings is 2. The van der Waals surface area contributed by atoms with Crippen molar-refractivity contribution in [2.45, 2.75) is 12.8 Å². The zero-order valence-corrected chi connectivity index (χ0v) is 9.19. The normalized spacial score (nSPS) is 9.00. The van der Waals surface area contributed by atoms with Gasteiger partial charge in [-0.1, -0.05) is 12.2 Å². The van der Waals surface area contributed by atoms with E-state index in [1.54, 1.807) is 18.7 Å². The van der Waals surface area contributed by atoms with Crippen molar-refractivity contribution in [2.75, 3.05) is 0 Å². The third-order valence-corrected chi connectivity index (χ3v) is 1.78. The Labute approximate surface area is 95.2 Å². The van der Waals surface area contributed by atoms with Gasteiger partial charge in [-0.15, -0.1) is 13.2 Å². The predicted octanol–water partition coefficient (Wildman–Crippen LogP) is 2.28. The number of rotatable bonds is 4. The Kier molecular flexibility index (Phi) is 5.41. The Morgan fingerprint density at radius 2 is 2.06 bits per heavy atom. The summed E-state index contributed by atoms with van der Waals surface area (Å²) >= 11 is 0.